The van der Waals surface area contributed by atoms with Crippen molar-refractivity contribution in [1.29, 1.82) is 0 Å². The van der Waals surface area contributed by atoms with E-state index in [2.05, 4.69) is 19.6 Å². The van der Waals surface area contributed by atoms with Gasteiger partial charge < -0.3 is 15.2 Å². The molecule has 11 heavy (non-hydrogen) atoms. The lowest BCUT2D eigenvalue weighted by molar-refractivity contribution is -0.468. The van der Waals surface area contributed by atoms with Gasteiger partial charge in [-0.15, -0.1) is 0 Å². The van der Waals surface area contributed by atoms with Crippen LogP contribution < -0.4 is 5.73 Å². The van der Waals surface area contributed by atoms with Crippen LogP contribution in [-0.4, -0.2) is 32.5 Å². The minimum absolute atomic E-state index is 0.132. The van der Waals surface area contributed by atoms with Gasteiger partial charge in [-0.25, -0.2) is 0 Å². The third-order valence-electron chi connectivity index (χ3n) is 1.35. The third-order valence-corrected chi connectivity index (χ3v) is 1.35. The Bertz CT molecular complexity index is 88.6. The van der Waals surface area contributed by atoms with Crippen molar-refractivity contribution in [3.63, 3.8) is 0 Å². The summed E-state index contributed by atoms with van der Waals surface area (Å²) in [5.41, 5.74) is 4.11. The molecule has 3 N–H and O–H groups in total. The van der Waals surface area contributed by atoms with Crippen LogP contribution in [0.5, 0.6) is 0 Å². The highest BCUT2D eigenvalue weighted by atomic mass is 16.5. The standard InChI is InChI=1S/C8H19NO2/c1-8(2,9)4-5-11-7-6-10-3/h4-7,9H2,1-3H3/p+1. The van der Waals surface area contributed by atoms with E-state index in [4.69, 9.17) is 9.47 Å². The Morgan fingerprint density at radius 1 is 1.18 bits per heavy atom. The van der Waals surface area contributed by atoms with Gasteiger partial charge in [-0.1, -0.05) is 0 Å². The van der Waals surface area contributed by atoms with Crippen LogP contribution in [0.4, 0.5) is 0 Å². The van der Waals surface area contributed by atoms with Gasteiger partial charge in [0.1, 0.15) is 0 Å². The van der Waals surface area contributed by atoms with Crippen molar-refractivity contribution in [2.45, 2.75) is 25.8 Å². The maximum Gasteiger partial charge on any atom is 0.0911 e. The molecular weight excluding hydrogens is 142 g/mol. The molecule has 0 saturated heterocycles. The molecule has 3 heteroatoms. The van der Waals surface area contributed by atoms with Crippen LogP contribution in [0.15, 0.2) is 0 Å². The Balaban J connectivity index is 3.02. The fraction of sp³-hybridized carbons (Fsp3) is 1.00. The maximum absolute atomic E-state index is 5.29. The van der Waals surface area contributed by atoms with Crippen LogP contribution in [0.3, 0.4) is 0 Å². The van der Waals surface area contributed by atoms with Crippen molar-refractivity contribution >= 4 is 0 Å². The molecule has 0 aromatic carbocycles. The van der Waals surface area contributed by atoms with Gasteiger partial charge in [-0.3, -0.25) is 0 Å². The molecule has 68 valence electrons. The summed E-state index contributed by atoms with van der Waals surface area (Å²) in [4.78, 5) is 0. The van der Waals surface area contributed by atoms with Crippen LogP contribution >= 0.6 is 0 Å². The highest BCUT2D eigenvalue weighted by Gasteiger charge is 2.13. The normalized spacial score (nSPS) is 12.0. The van der Waals surface area contributed by atoms with E-state index in [0.717, 1.165) is 13.0 Å². The smallest absolute Gasteiger partial charge is 0.0911 e. The maximum atomic E-state index is 5.29. The average molecular weight is 162 g/mol. The molecule has 0 spiro atoms. The first-order valence-corrected chi connectivity index (χ1v) is 3.98. The van der Waals surface area contributed by atoms with E-state index in [1.807, 2.05) is 0 Å². The second-order valence-electron chi connectivity index (χ2n) is 3.52. The summed E-state index contributed by atoms with van der Waals surface area (Å²) in [6.07, 6.45) is 0.997. The summed E-state index contributed by atoms with van der Waals surface area (Å²) in [5, 5.41) is 0. The van der Waals surface area contributed by atoms with Gasteiger partial charge in [0.25, 0.3) is 0 Å². The van der Waals surface area contributed by atoms with Gasteiger partial charge in [-0.2, -0.15) is 0 Å². The zero-order valence-corrected chi connectivity index (χ0v) is 7.85. The highest BCUT2D eigenvalue weighted by Crippen LogP contribution is 1.99. The quantitative estimate of drug-likeness (QED) is 0.561. The third kappa shape index (κ3) is 9.88. The highest BCUT2D eigenvalue weighted by molar-refractivity contribution is 4.61. The molecule has 0 unspecified atom stereocenters. The lowest BCUT2D eigenvalue weighted by Gasteiger charge is -2.13. The minimum Gasteiger partial charge on any atom is -0.382 e. The Morgan fingerprint density at radius 2 is 1.82 bits per heavy atom. The zero-order valence-electron chi connectivity index (χ0n) is 7.85. The van der Waals surface area contributed by atoms with Gasteiger partial charge in [-0.05, 0) is 13.8 Å². The molecule has 0 radical (unpaired) electrons. The molecule has 0 rings (SSSR count). The SMILES string of the molecule is COCCOCCC(C)(C)[NH3+]. The van der Waals surface area contributed by atoms with Gasteiger partial charge >= 0.3 is 0 Å². The Hall–Kier alpha value is -0.120. The van der Waals surface area contributed by atoms with Crippen molar-refractivity contribution in [3.8, 4) is 0 Å². The van der Waals surface area contributed by atoms with Gasteiger partial charge in [0, 0.05) is 13.5 Å². The second kappa shape index (κ2) is 5.52. The van der Waals surface area contributed by atoms with E-state index in [1.165, 1.54) is 0 Å². The summed E-state index contributed by atoms with van der Waals surface area (Å²) < 4.78 is 10.1. The van der Waals surface area contributed by atoms with Gasteiger partial charge in [0.15, 0.2) is 0 Å². The lowest BCUT2D eigenvalue weighted by Crippen LogP contribution is -2.69. The number of methoxy groups -OCH3 is 1. The average Bonchev–Trinajstić information content (AvgIpc) is 1.85. The second-order valence-corrected chi connectivity index (χ2v) is 3.52. The summed E-state index contributed by atoms with van der Waals surface area (Å²) in [7, 11) is 1.68. The van der Waals surface area contributed by atoms with E-state index in [1.54, 1.807) is 7.11 Å². The molecule has 0 aromatic heterocycles. The molecule has 0 aliphatic rings. The largest absolute Gasteiger partial charge is 0.382 e. The fourth-order valence-electron chi connectivity index (χ4n) is 0.593. The molecule has 0 atom stereocenters. The molecule has 0 saturated carbocycles. The molecule has 0 aliphatic carbocycles. The molecular formula is C8H20NO2+. The van der Waals surface area contributed by atoms with Crippen molar-refractivity contribution < 1.29 is 15.2 Å². The zero-order chi connectivity index (χ0) is 8.74. The van der Waals surface area contributed by atoms with E-state index < -0.39 is 0 Å². The van der Waals surface area contributed by atoms with Crippen molar-refractivity contribution in [2.24, 2.45) is 0 Å². The number of rotatable bonds is 6. The van der Waals surface area contributed by atoms with Crippen molar-refractivity contribution in [2.75, 3.05) is 26.9 Å². The van der Waals surface area contributed by atoms with E-state index >= 15 is 0 Å². The van der Waals surface area contributed by atoms with E-state index in [9.17, 15) is 0 Å². The van der Waals surface area contributed by atoms with Crippen LogP contribution in [0, 0.1) is 0 Å². The monoisotopic (exact) mass is 162 g/mol. The predicted molar refractivity (Wildman–Crippen MR) is 44.3 cm³/mol. The van der Waals surface area contributed by atoms with Gasteiger partial charge in [0.2, 0.25) is 0 Å². The Labute approximate surface area is 68.9 Å². The van der Waals surface area contributed by atoms with Gasteiger partial charge in [0.05, 0.1) is 25.4 Å². The Kier molecular flexibility index (Phi) is 5.46. The van der Waals surface area contributed by atoms with E-state index in [-0.39, 0.29) is 5.54 Å². The Morgan fingerprint density at radius 3 is 2.27 bits per heavy atom. The van der Waals surface area contributed by atoms with Crippen LogP contribution in [-0.2, 0) is 9.47 Å². The lowest BCUT2D eigenvalue weighted by atomic mass is 10.0. The summed E-state index contributed by atoms with van der Waals surface area (Å²) in [5.74, 6) is 0. The first kappa shape index (κ1) is 10.9. The van der Waals surface area contributed by atoms with Crippen LogP contribution in [0.1, 0.15) is 20.3 Å². The summed E-state index contributed by atoms with van der Waals surface area (Å²) in [6, 6.07) is 0. The molecule has 0 fully saturated rings. The number of quaternary nitrogens is 1. The predicted octanol–water partition coefficient (Wildman–Crippen LogP) is 0.0600. The molecule has 0 amide bonds. The van der Waals surface area contributed by atoms with Crippen LogP contribution in [0.2, 0.25) is 0 Å². The topological polar surface area (TPSA) is 46.1 Å². The fourth-order valence-corrected chi connectivity index (χ4v) is 0.593. The molecule has 0 aliphatic heterocycles. The van der Waals surface area contributed by atoms with Crippen LogP contribution in [0.25, 0.3) is 0 Å². The number of hydrogen-bond acceptors (Lipinski definition) is 2. The molecule has 0 bridgehead atoms. The summed E-state index contributed by atoms with van der Waals surface area (Å²) in [6.45, 7) is 6.35. The van der Waals surface area contributed by atoms with Crippen molar-refractivity contribution in [3.05, 3.63) is 0 Å². The first-order valence-electron chi connectivity index (χ1n) is 3.98. The first-order chi connectivity index (χ1) is 5.06. The number of ether oxygens (including phenoxy) is 2. The molecule has 3 nitrogen and oxygen atoms in total. The van der Waals surface area contributed by atoms with E-state index in [0.29, 0.717) is 13.2 Å². The summed E-state index contributed by atoms with van der Waals surface area (Å²) >= 11 is 0. The minimum atomic E-state index is 0.132. The number of hydrogen-bond donors (Lipinski definition) is 1. The molecule has 0 heterocycles. The molecule has 0 aromatic rings. The van der Waals surface area contributed by atoms with Crippen molar-refractivity contribution in [1.82, 2.24) is 0 Å².